The average Bonchev–Trinajstić information content (AvgIpc) is 2.76. The molecule has 30 heavy (non-hydrogen) atoms. The summed E-state index contributed by atoms with van der Waals surface area (Å²) in [6, 6.07) is 17.1. The van der Waals surface area contributed by atoms with Gasteiger partial charge in [0.1, 0.15) is 12.4 Å². The Kier molecular flexibility index (Phi) is 9.90. The molecule has 0 bridgehead atoms. The predicted octanol–water partition coefficient (Wildman–Crippen LogP) is 2.43. The van der Waals surface area contributed by atoms with Crippen LogP contribution in [-0.4, -0.2) is 39.8 Å². The van der Waals surface area contributed by atoms with Gasteiger partial charge in [-0.05, 0) is 18.6 Å². The maximum atomic E-state index is 12.2. The lowest BCUT2D eigenvalue weighted by Crippen LogP contribution is -2.41. The zero-order chi connectivity index (χ0) is 21.7. The lowest BCUT2D eigenvalue weighted by molar-refractivity contribution is 0.359. The molecule has 0 aromatic heterocycles. The fourth-order valence-corrected chi connectivity index (χ4v) is 3.50. The quantitative estimate of drug-likeness (QED) is 0.273. The van der Waals surface area contributed by atoms with Crippen LogP contribution in [0.5, 0.6) is 5.75 Å². The minimum Gasteiger partial charge on any atom is -0.489 e. The minimum absolute atomic E-state index is 0.0523. The van der Waals surface area contributed by atoms with Gasteiger partial charge in [0.25, 0.3) is 0 Å². The molecule has 2 aromatic rings. The maximum absolute atomic E-state index is 12.2. The zero-order valence-electron chi connectivity index (χ0n) is 17.3. The van der Waals surface area contributed by atoms with Crippen molar-refractivity contribution >= 4 is 16.0 Å². The molecule has 0 fully saturated rings. The Balaban J connectivity index is 1.88. The smallest absolute Gasteiger partial charge is 0.213 e. The van der Waals surface area contributed by atoms with E-state index in [1.165, 1.54) is 0 Å². The van der Waals surface area contributed by atoms with E-state index in [0.29, 0.717) is 25.7 Å². The first-order valence-electron chi connectivity index (χ1n) is 9.89. The number of rotatable bonds is 12. The summed E-state index contributed by atoms with van der Waals surface area (Å²) < 4.78 is 32.7. The van der Waals surface area contributed by atoms with Crippen molar-refractivity contribution < 1.29 is 13.2 Å². The van der Waals surface area contributed by atoms with Crippen LogP contribution in [0.3, 0.4) is 0 Å². The van der Waals surface area contributed by atoms with Crippen LogP contribution in [0, 0.1) is 0 Å². The van der Waals surface area contributed by atoms with Crippen molar-refractivity contribution in [2.45, 2.75) is 20.0 Å². The summed E-state index contributed by atoms with van der Waals surface area (Å²) in [6.45, 7) is 7.63. The van der Waals surface area contributed by atoms with E-state index in [4.69, 9.17) is 4.74 Å². The lowest BCUT2D eigenvalue weighted by Gasteiger charge is -2.13. The Morgan fingerprint density at radius 2 is 1.83 bits per heavy atom. The molecule has 7 nitrogen and oxygen atoms in total. The van der Waals surface area contributed by atoms with Crippen LogP contribution in [0.15, 0.2) is 72.2 Å². The van der Waals surface area contributed by atoms with Crippen molar-refractivity contribution in [3.63, 3.8) is 0 Å². The van der Waals surface area contributed by atoms with E-state index in [-0.39, 0.29) is 18.8 Å². The van der Waals surface area contributed by atoms with Crippen LogP contribution in [-0.2, 0) is 23.1 Å². The molecule has 0 heterocycles. The number of hydrogen-bond acceptors (Lipinski definition) is 4. The van der Waals surface area contributed by atoms with Gasteiger partial charge in [0.15, 0.2) is 5.96 Å². The predicted molar refractivity (Wildman–Crippen MR) is 122 cm³/mol. The summed E-state index contributed by atoms with van der Waals surface area (Å²) in [5.74, 6) is 1.25. The van der Waals surface area contributed by atoms with Gasteiger partial charge in [-0.15, -0.1) is 0 Å². The number of aliphatic imine (C=N–C) groups is 1. The first-order chi connectivity index (χ1) is 14.5. The van der Waals surface area contributed by atoms with Crippen molar-refractivity contribution in [3.05, 3.63) is 78.4 Å². The average molecular weight is 431 g/mol. The van der Waals surface area contributed by atoms with Gasteiger partial charge in [-0.25, -0.2) is 18.1 Å². The monoisotopic (exact) mass is 430 g/mol. The summed E-state index contributed by atoms with van der Waals surface area (Å²) in [4.78, 5) is 4.54. The van der Waals surface area contributed by atoms with Crippen molar-refractivity contribution in [2.24, 2.45) is 4.99 Å². The first kappa shape index (κ1) is 23.4. The molecule has 0 saturated heterocycles. The highest BCUT2D eigenvalue weighted by Gasteiger charge is 2.10. The molecular weight excluding hydrogens is 400 g/mol. The van der Waals surface area contributed by atoms with E-state index < -0.39 is 10.0 Å². The SMILES string of the molecule is C=CCOc1ccccc1CN=C(NCC)NCCS(=O)(=O)NCc1ccccc1. The largest absolute Gasteiger partial charge is 0.489 e. The van der Waals surface area contributed by atoms with Gasteiger partial charge in [-0.1, -0.05) is 61.2 Å². The highest BCUT2D eigenvalue weighted by Crippen LogP contribution is 2.18. The highest BCUT2D eigenvalue weighted by molar-refractivity contribution is 7.89. The number of nitrogens with zero attached hydrogens (tertiary/aromatic N) is 1. The molecule has 0 atom stereocenters. The second kappa shape index (κ2) is 12.7. The molecule has 162 valence electrons. The molecule has 0 spiro atoms. The molecule has 8 heteroatoms. The molecule has 2 aromatic carbocycles. The molecule has 0 saturated carbocycles. The topological polar surface area (TPSA) is 91.8 Å². The summed E-state index contributed by atoms with van der Waals surface area (Å²) in [7, 11) is -3.40. The Bertz CT molecular complexity index is 915. The molecule has 0 aliphatic rings. The van der Waals surface area contributed by atoms with Gasteiger partial charge in [0, 0.05) is 25.2 Å². The third-order valence-electron chi connectivity index (χ3n) is 4.08. The van der Waals surface area contributed by atoms with Crippen LogP contribution in [0.4, 0.5) is 0 Å². The normalized spacial score (nSPS) is 11.7. The summed E-state index contributed by atoms with van der Waals surface area (Å²) in [6.07, 6.45) is 1.69. The van der Waals surface area contributed by atoms with Crippen molar-refractivity contribution in [2.75, 3.05) is 25.4 Å². The van der Waals surface area contributed by atoms with Crippen LogP contribution >= 0.6 is 0 Å². The minimum atomic E-state index is -3.40. The van der Waals surface area contributed by atoms with E-state index in [2.05, 4.69) is 26.9 Å². The highest BCUT2D eigenvalue weighted by atomic mass is 32.2. The van der Waals surface area contributed by atoms with Gasteiger partial charge in [0.2, 0.25) is 10.0 Å². The second-order valence-corrected chi connectivity index (χ2v) is 8.38. The Hall–Kier alpha value is -2.84. The van der Waals surface area contributed by atoms with Crippen LogP contribution in [0.2, 0.25) is 0 Å². The molecule has 0 radical (unpaired) electrons. The molecule has 3 N–H and O–H groups in total. The number of ether oxygens (including phenoxy) is 1. The fraction of sp³-hybridized carbons (Fsp3) is 0.318. The Labute approximate surface area is 179 Å². The molecular formula is C22H30N4O3S. The summed E-state index contributed by atoms with van der Waals surface area (Å²) in [5.41, 5.74) is 1.86. The van der Waals surface area contributed by atoms with E-state index in [1.807, 2.05) is 61.5 Å². The van der Waals surface area contributed by atoms with E-state index in [1.54, 1.807) is 6.08 Å². The van der Waals surface area contributed by atoms with Gasteiger partial charge in [-0.2, -0.15) is 0 Å². The van der Waals surface area contributed by atoms with Gasteiger partial charge in [-0.3, -0.25) is 0 Å². The zero-order valence-corrected chi connectivity index (χ0v) is 18.1. The standard InChI is InChI=1S/C22H30N4O3S/c1-3-15-29-21-13-9-8-12-20(21)18-25-22(23-4-2)24-14-16-30(27,28)26-17-19-10-6-5-7-11-19/h3,5-13,26H,1,4,14-18H2,2H3,(H2,23,24,25). The summed E-state index contributed by atoms with van der Waals surface area (Å²) >= 11 is 0. The second-order valence-electron chi connectivity index (χ2n) is 6.45. The van der Waals surface area contributed by atoms with Crippen molar-refractivity contribution in [1.29, 1.82) is 0 Å². The van der Waals surface area contributed by atoms with Crippen LogP contribution < -0.4 is 20.1 Å². The molecule has 0 aliphatic carbocycles. The number of sulfonamides is 1. The Morgan fingerprint density at radius 1 is 1.10 bits per heavy atom. The van der Waals surface area contributed by atoms with Crippen molar-refractivity contribution in [3.8, 4) is 5.75 Å². The number of guanidine groups is 1. The molecule has 0 aliphatic heterocycles. The molecule has 2 rings (SSSR count). The van der Waals surface area contributed by atoms with Crippen LogP contribution in [0.25, 0.3) is 0 Å². The molecule has 0 unspecified atom stereocenters. The number of nitrogens with one attached hydrogen (secondary N) is 3. The van der Waals surface area contributed by atoms with Crippen molar-refractivity contribution in [1.82, 2.24) is 15.4 Å². The molecule has 0 amide bonds. The first-order valence-corrected chi connectivity index (χ1v) is 11.5. The van der Waals surface area contributed by atoms with Gasteiger partial charge in [0.05, 0.1) is 12.3 Å². The lowest BCUT2D eigenvalue weighted by atomic mass is 10.2. The third-order valence-corrected chi connectivity index (χ3v) is 5.41. The third kappa shape index (κ3) is 8.67. The summed E-state index contributed by atoms with van der Waals surface area (Å²) in [5, 5.41) is 6.20. The van der Waals surface area contributed by atoms with Crippen LogP contribution in [0.1, 0.15) is 18.1 Å². The van der Waals surface area contributed by atoms with E-state index >= 15 is 0 Å². The van der Waals surface area contributed by atoms with E-state index in [9.17, 15) is 8.42 Å². The number of hydrogen-bond donors (Lipinski definition) is 3. The fourth-order valence-electron chi connectivity index (χ4n) is 2.60. The Morgan fingerprint density at radius 3 is 2.57 bits per heavy atom. The number of para-hydroxylation sites is 1. The number of benzene rings is 2. The van der Waals surface area contributed by atoms with Gasteiger partial charge >= 0.3 is 0 Å². The van der Waals surface area contributed by atoms with E-state index in [0.717, 1.165) is 16.9 Å². The maximum Gasteiger partial charge on any atom is 0.213 e. The van der Waals surface area contributed by atoms with Gasteiger partial charge < -0.3 is 15.4 Å².